The Kier molecular flexibility index (Phi) is 2.47. The van der Waals surface area contributed by atoms with Crippen molar-refractivity contribution in [2.24, 2.45) is 0 Å². The van der Waals surface area contributed by atoms with Crippen molar-refractivity contribution < 1.29 is 0 Å². The van der Waals surface area contributed by atoms with Crippen molar-refractivity contribution in [3.05, 3.63) is 16.4 Å². The molecule has 0 amide bonds. The molecular formula is C10H12ClN3. The largest absolute Gasteiger partial charge is 0.249 e. The van der Waals surface area contributed by atoms with Gasteiger partial charge in [0.15, 0.2) is 0 Å². The van der Waals surface area contributed by atoms with Crippen molar-refractivity contribution in [2.45, 2.75) is 38.6 Å². The molecule has 0 spiro atoms. The van der Waals surface area contributed by atoms with Gasteiger partial charge in [0.2, 0.25) is 0 Å². The van der Waals surface area contributed by atoms with Crippen LogP contribution in [0.3, 0.4) is 0 Å². The van der Waals surface area contributed by atoms with Gasteiger partial charge in [-0.1, -0.05) is 24.4 Å². The van der Waals surface area contributed by atoms with E-state index in [1.54, 1.807) is 0 Å². The van der Waals surface area contributed by atoms with Gasteiger partial charge >= 0.3 is 0 Å². The molecule has 0 N–H and O–H groups in total. The second-order valence-electron chi connectivity index (χ2n) is 3.75. The van der Waals surface area contributed by atoms with Gasteiger partial charge in [0, 0.05) is 0 Å². The van der Waals surface area contributed by atoms with Gasteiger partial charge < -0.3 is 0 Å². The summed E-state index contributed by atoms with van der Waals surface area (Å²) in [5.74, 6) is 0. The number of rotatable bonds is 1. The molecule has 0 aromatic carbocycles. The average Bonchev–Trinajstić information content (AvgIpc) is 2.74. The van der Waals surface area contributed by atoms with Crippen LogP contribution in [0.2, 0.25) is 5.15 Å². The number of aryl methyl sites for hydroxylation is 1. The molecule has 1 aromatic heterocycles. The Hall–Kier alpha value is -1.01. The lowest BCUT2D eigenvalue weighted by Crippen LogP contribution is -2.06. The summed E-state index contributed by atoms with van der Waals surface area (Å²) in [5, 5.41) is 13.7. The van der Waals surface area contributed by atoms with E-state index in [-0.39, 0.29) is 0 Å². The summed E-state index contributed by atoms with van der Waals surface area (Å²) in [4.78, 5) is 0. The van der Waals surface area contributed by atoms with Crippen LogP contribution in [0.1, 0.15) is 43.0 Å². The molecule has 4 heteroatoms. The molecule has 3 nitrogen and oxygen atoms in total. The topological polar surface area (TPSA) is 41.6 Å². The van der Waals surface area contributed by atoms with E-state index < -0.39 is 0 Å². The van der Waals surface area contributed by atoms with Crippen molar-refractivity contribution in [1.82, 2.24) is 9.78 Å². The molecule has 14 heavy (non-hydrogen) atoms. The predicted molar refractivity (Wildman–Crippen MR) is 54.2 cm³/mol. The minimum Gasteiger partial charge on any atom is -0.249 e. The Morgan fingerprint density at radius 1 is 1.50 bits per heavy atom. The lowest BCUT2D eigenvalue weighted by atomic mass is 10.2. The first-order valence-electron chi connectivity index (χ1n) is 4.88. The lowest BCUT2D eigenvalue weighted by Gasteiger charge is -2.10. The maximum absolute atomic E-state index is 8.87. The molecule has 1 fully saturated rings. The number of aromatic nitrogens is 2. The summed E-state index contributed by atoms with van der Waals surface area (Å²) < 4.78 is 1.82. The number of nitriles is 1. The van der Waals surface area contributed by atoms with Crippen LogP contribution >= 0.6 is 11.6 Å². The fourth-order valence-electron chi connectivity index (χ4n) is 2.04. The molecule has 74 valence electrons. The Bertz CT molecular complexity index is 383. The standard InChI is InChI=1S/C10H12ClN3/c1-7-9(6-12)10(11)14(13-7)8-4-2-3-5-8/h8H,2-5H2,1H3. The summed E-state index contributed by atoms with van der Waals surface area (Å²) in [6.07, 6.45) is 4.74. The second kappa shape index (κ2) is 3.62. The number of hydrogen-bond donors (Lipinski definition) is 0. The summed E-state index contributed by atoms with van der Waals surface area (Å²) in [6.45, 7) is 1.83. The van der Waals surface area contributed by atoms with Gasteiger partial charge in [-0.2, -0.15) is 10.4 Å². The molecule has 0 atom stereocenters. The third kappa shape index (κ3) is 1.40. The molecule has 2 rings (SSSR count). The summed E-state index contributed by atoms with van der Waals surface area (Å²) in [7, 11) is 0. The molecule has 0 radical (unpaired) electrons. The molecule has 1 aliphatic carbocycles. The van der Waals surface area contributed by atoms with Gasteiger partial charge in [0.1, 0.15) is 16.8 Å². The van der Waals surface area contributed by atoms with E-state index in [1.165, 1.54) is 12.8 Å². The van der Waals surface area contributed by atoms with E-state index in [9.17, 15) is 0 Å². The zero-order valence-electron chi connectivity index (χ0n) is 8.13. The number of halogens is 1. The van der Waals surface area contributed by atoms with Crippen LogP contribution in [0.15, 0.2) is 0 Å². The third-order valence-electron chi connectivity index (χ3n) is 2.81. The van der Waals surface area contributed by atoms with E-state index in [1.807, 2.05) is 11.6 Å². The molecular weight excluding hydrogens is 198 g/mol. The van der Waals surface area contributed by atoms with Gasteiger partial charge in [-0.25, -0.2) is 4.68 Å². The van der Waals surface area contributed by atoms with Crippen molar-refractivity contribution in [3.63, 3.8) is 0 Å². The minimum atomic E-state index is 0.406. The molecule has 1 aliphatic rings. The van der Waals surface area contributed by atoms with Gasteiger partial charge in [-0.15, -0.1) is 0 Å². The van der Waals surface area contributed by atoms with E-state index in [0.29, 0.717) is 16.8 Å². The van der Waals surface area contributed by atoms with Crippen molar-refractivity contribution in [3.8, 4) is 6.07 Å². The van der Waals surface area contributed by atoms with Gasteiger partial charge in [-0.3, -0.25) is 0 Å². The van der Waals surface area contributed by atoms with Crippen molar-refractivity contribution in [2.75, 3.05) is 0 Å². The average molecular weight is 210 g/mol. The van der Waals surface area contributed by atoms with Crippen molar-refractivity contribution in [1.29, 1.82) is 5.26 Å². The van der Waals surface area contributed by atoms with E-state index in [4.69, 9.17) is 16.9 Å². The maximum Gasteiger partial charge on any atom is 0.145 e. The molecule has 1 saturated carbocycles. The smallest absolute Gasteiger partial charge is 0.145 e. The van der Waals surface area contributed by atoms with E-state index >= 15 is 0 Å². The molecule has 0 unspecified atom stereocenters. The summed E-state index contributed by atoms with van der Waals surface area (Å²) in [5.41, 5.74) is 1.27. The van der Waals surface area contributed by atoms with Gasteiger partial charge in [-0.05, 0) is 19.8 Å². The zero-order chi connectivity index (χ0) is 10.1. The highest BCUT2D eigenvalue weighted by Crippen LogP contribution is 2.33. The van der Waals surface area contributed by atoms with Crippen LogP contribution in [0.5, 0.6) is 0 Å². The number of hydrogen-bond acceptors (Lipinski definition) is 2. The summed E-state index contributed by atoms with van der Waals surface area (Å²) >= 11 is 6.09. The molecule has 0 bridgehead atoms. The monoisotopic (exact) mass is 209 g/mol. The Balaban J connectivity index is 2.39. The van der Waals surface area contributed by atoms with E-state index in [0.717, 1.165) is 18.5 Å². The quantitative estimate of drug-likeness (QED) is 0.714. The zero-order valence-corrected chi connectivity index (χ0v) is 8.88. The first-order chi connectivity index (χ1) is 6.74. The van der Waals surface area contributed by atoms with Crippen molar-refractivity contribution >= 4 is 11.6 Å². The lowest BCUT2D eigenvalue weighted by molar-refractivity contribution is 0.465. The highest BCUT2D eigenvalue weighted by Gasteiger charge is 2.22. The highest BCUT2D eigenvalue weighted by molar-refractivity contribution is 6.30. The van der Waals surface area contributed by atoms with Crippen LogP contribution in [-0.4, -0.2) is 9.78 Å². The van der Waals surface area contributed by atoms with Crippen LogP contribution in [0.4, 0.5) is 0 Å². The number of nitrogens with zero attached hydrogens (tertiary/aromatic N) is 3. The van der Waals surface area contributed by atoms with Gasteiger partial charge in [0.05, 0.1) is 11.7 Å². The fourth-order valence-corrected chi connectivity index (χ4v) is 2.39. The molecule has 1 aromatic rings. The Morgan fingerprint density at radius 2 is 2.14 bits per heavy atom. The second-order valence-corrected chi connectivity index (χ2v) is 4.10. The van der Waals surface area contributed by atoms with Gasteiger partial charge in [0.25, 0.3) is 0 Å². The third-order valence-corrected chi connectivity index (χ3v) is 3.17. The van der Waals surface area contributed by atoms with Crippen LogP contribution in [0.25, 0.3) is 0 Å². The van der Waals surface area contributed by atoms with Crippen LogP contribution in [-0.2, 0) is 0 Å². The highest BCUT2D eigenvalue weighted by atomic mass is 35.5. The Morgan fingerprint density at radius 3 is 2.64 bits per heavy atom. The fraction of sp³-hybridized carbons (Fsp3) is 0.600. The first-order valence-corrected chi connectivity index (χ1v) is 5.26. The molecule has 0 aliphatic heterocycles. The maximum atomic E-state index is 8.87. The SMILES string of the molecule is Cc1nn(C2CCCC2)c(Cl)c1C#N. The minimum absolute atomic E-state index is 0.406. The van der Waals surface area contributed by atoms with E-state index in [2.05, 4.69) is 11.2 Å². The molecule has 0 saturated heterocycles. The predicted octanol–water partition coefficient (Wildman–Crippen LogP) is 2.83. The Labute approximate surface area is 88.3 Å². The normalized spacial score (nSPS) is 17.2. The van der Waals surface area contributed by atoms with Crippen LogP contribution in [0, 0.1) is 18.3 Å². The molecule has 1 heterocycles. The summed E-state index contributed by atoms with van der Waals surface area (Å²) in [6, 6.07) is 2.50. The first kappa shape index (κ1) is 9.54. The van der Waals surface area contributed by atoms with Crippen LogP contribution < -0.4 is 0 Å².